The van der Waals surface area contributed by atoms with E-state index in [-0.39, 0.29) is 11.8 Å². The van der Waals surface area contributed by atoms with Crippen LogP contribution in [-0.2, 0) is 11.3 Å². The second-order valence-corrected chi connectivity index (χ2v) is 8.68. The number of amides is 1. The van der Waals surface area contributed by atoms with Crippen LogP contribution in [0.25, 0.3) is 0 Å². The third-order valence-corrected chi connectivity index (χ3v) is 6.44. The van der Waals surface area contributed by atoms with Crippen LogP contribution in [0.1, 0.15) is 22.6 Å². The maximum absolute atomic E-state index is 13.6. The fraction of sp³-hybridized carbons (Fsp3) is 0.269. The maximum atomic E-state index is 13.6. The molecule has 0 unspecified atom stereocenters. The number of nitrogens with zero attached hydrogens (tertiary/aromatic N) is 2. The first-order valence-corrected chi connectivity index (χ1v) is 11.4. The Morgan fingerprint density at radius 1 is 0.903 bits per heavy atom. The number of carbonyl (C=O) groups is 1. The average molecular weight is 479 g/mol. The number of halogens is 1. The molecule has 0 aliphatic carbocycles. The third-order valence-electron chi connectivity index (χ3n) is 5.82. The molecule has 1 heterocycles. The molecule has 0 N–H and O–H groups in total. The molecule has 4 nitrogen and oxygen atoms in total. The summed E-state index contributed by atoms with van der Waals surface area (Å²) in [6, 6.07) is 26.4. The zero-order valence-corrected chi connectivity index (χ0v) is 19.3. The summed E-state index contributed by atoms with van der Waals surface area (Å²) in [6.45, 7) is 4.08. The number of methoxy groups -OCH3 is 1. The smallest absolute Gasteiger partial charge is 0.234 e. The molecule has 0 atom stereocenters. The molecule has 160 valence electrons. The van der Waals surface area contributed by atoms with Crippen LogP contribution < -0.4 is 4.74 Å². The number of carbonyl (C=O) groups excluding carboxylic acids is 1. The monoisotopic (exact) mass is 478 g/mol. The number of hydrogen-bond acceptors (Lipinski definition) is 3. The highest BCUT2D eigenvalue weighted by Gasteiger charge is 2.29. The topological polar surface area (TPSA) is 32.8 Å². The van der Waals surface area contributed by atoms with E-state index in [2.05, 4.69) is 33.0 Å². The zero-order chi connectivity index (χ0) is 21.6. The summed E-state index contributed by atoms with van der Waals surface area (Å²) >= 11 is 3.56. The van der Waals surface area contributed by atoms with Crippen LogP contribution in [0.3, 0.4) is 0 Å². The Balaban J connectivity index is 1.43. The molecule has 1 fully saturated rings. The highest BCUT2D eigenvalue weighted by atomic mass is 79.9. The summed E-state index contributed by atoms with van der Waals surface area (Å²) in [6.07, 6.45) is 0. The highest BCUT2D eigenvalue weighted by molar-refractivity contribution is 9.10. The van der Waals surface area contributed by atoms with E-state index < -0.39 is 0 Å². The summed E-state index contributed by atoms with van der Waals surface area (Å²) < 4.78 is 6.29. The fourth-order valence-corrected chi connectivity index (χ4v) is 4.73. The lowest BCUT2D eigenvalue weighted by Crippen LogP contribution is -2.49. The number of rotatable bonds is 6. The van der Waals surface area contributed by atoms with Crippen molar-refractivity contribution >= 4 is 21.8 Å². The molecule has 1 saturated heterocycles. The summed E-state index contributed by atoms with van der Waals surface area (Å²) in [5.74, 6) is 0.766. The summed E-state index contributed by atoms with van der Waals surface area (Å²) in [7, 11) is 1.67. The quantitative estimate of drug-likeness (QED) is 0.503. The lowest BCUT2D eigenvalue weighted by molar-refractivity contribution is -0.133. The molecule has 0 bridgehead atoms. The molecule has 1 aliphatic heterocycles. The molecule has 0 spiro atoms. The second kappa shape index (κ2) is 10.1. The van der Waals surface area contributed by atoms with E-state index in [1.54, 1.807) is 7.11 Å². The van der Waals surface area contributed by atoms with Gasteiger partial charge in [0.25, 0.3) is 0 Å². The van der Waals surface area contributed by atoms with Crippen molar-refractivity contribution < 1.29 is 9.53 Å². The van der Waals surface area contributed by atoms with E-state index in [1.807, 2.05) is 71.6 Å². The van der Waals surface area contributed by atoms with Crippen LogP contribution in [0.2, 0.25) is 0 Å². The van der Waals surface area contributed by atoms with Gasteiger partial charge < -0.3 is 9.64 Å². The van der Waals surface area contributed by atoms with Gasteiger partial charge in [-0.25, -0.2) is 0 Å². The molecular weight excluding hydrogens is 452 g/mol. The van der Waals surface area contributed by atoms with Gasteiger partial charge in [-0.05, 0) is 44.8 Å². The standard InChI is InChI=1S/C26H27BrN2O2/c1-31-24-13-12-20(18-23(24)27)19-28-14-16-29(17-15-28)26(30)25(21-8-4-2-5-9-21)22-10-6-3-7-11-22/h2-13,18,25H,14-17,19H2,1H3. The van der Waals surface area contributed by atoms with Gasteiger partial charge >= 0.3 is 0 Å². The predicted octanol–water partition coefficient (Wildman–Crippen LogP) is 4.93. The molecule has 4 rings (SSSR count). The Morgan fingerprint density at radius 2 is 1.48 bits per heavy atom. The lowest BCUT2D eigenvalue weighted by atomic mass is 9.90. The minimum absolute atomic E-state index is 0.184. The van der Waals surface area contributed by atoms with Gasteiger partial charge in [0.05, 0.1) is 17.5 Å². The van der Waals surface area contributed by atoms with Gasteiger partial charge in [-0.2, -0.15) is 0 Å². The lowest BCUT2D eigenvalue weighted by Gasteiger charge is -2.36. The van der Waals surface area contributed by atoms with Gasteiger partial charge in [-0.1, -0.05) is 66.7 Å². The van der Waals surface area contributed by atoms with Crippen LogP contribution in [0.4, 0.5) is 0 Å². The Morgan fingerprint density at radius 3 is 2.00 bits per heavy atom. The molecule has 0 saturated carbocycles. The normalized spacial score (nSPS) is 14.6. The average Bonchev–Trinajstić information content (AvgIpc) is 2.81. The zero-order valence-electron chi connectivity index (χ0n) is 17.7. The van der Waals surface area contributed by atoms with Gasteiger partial charge in [0.2, 0.25) is 5.91 Å². The summed E-state index contributed by atoms with van der Waals surface area (Å²) in [5, 5.41) is 0. The molecule has 3 aromatic rings. The first-order valence-electron chi connectivity index (χ1n) is 10.6. The van der Waals surface area contributed by atoms with Gasteiger partial charge in [0.1, 0.15) is 5.75 Å². The minimum Gasteiger partial charge on any atom is -0.496 e. The third kappa shape index (κ3) is 5.17. The molecule has 3 aromatic carbocycles. The maximum Gasteiger partial charge on any atom is 0.234 e. The Hall–Kier alpha value is -2.63. The van der Waals surface area contributed by atoms with Crippen molar-refractivity contribution in [3.8, 4) is 5.75 Å². The van der Waals surface area contributed by atoms with Crippen molar-refractivity contribution in [2.75, 3.05) is 33.3 Å². The van der Waals surface area contributed by atoms with E-state index in [4.69, 9.17) is 4.74 Å². The minimum atomic E-state index is -0.258. The molecule has 5 heteroatoms. The molecule has 1 aliphatic rings. The molecule has 31 heavy (non-hydrogen) atoms. The van der Waals surface area contributed by atoms with Crippen molar-refractivity contribution in [1.82, 2.24) is 9.80 Å². The van der Waals surface area contributed by atoms with Gasteiger partial charge in [0, 0.05) is 32.7 Å². The van der Waals surface area contributed by atoms with E-state index in [0.717, 1.165) is 54.1 Å². The van der Waals surface area contributed by atoms with Crippen molar-refractivity contribution in [2.45, 2.75) is 12.5 Å². The first kappa shape index (κ1) is 21.6. The molecule has 0 radical (unpaired) electrons. The Bertz CT molecular complexity index is 963. The number of hydrogen-bond donors (Lipinski definition) is 0. The van der Waals surface area contributed by atoms with Crippen LogP contribution in [0.15, 0.2) is 83.3 Å². The van der Waals surface area contributed by atoms with Crippen molar-refractivity contribution in [3.05, 3.63) is 100 Å². The van der Waals surface area contributed by atoms with Gasteiger partial charge in [-0.3, -0.25) is 9.69 Å². The van der Waals surface area contributed by atoms with Gasteiger partial charge in [-0.15, -0.1) is 0 Å². The van der Waals surface area contributed by atoms with Crippen LogP contribution in [-0.4, -0.2) is 49.0 Å². The summed E-state index contributed by atoms with van der Waals surface area (Å²) in [4.78, 5) is 18.0. The number of ether oxygens (including phenoxy) is 1. The largest absolute Gasteiger partial charge is 0.496 e. The predicted molar refractivity (Wildman–Crippen MR) is 127 cm³/mol. The Labute approximate surface area is 192 Å². The van der Waals surface area contributed by atoms with Crippen molar-refractivity contribution in [1.29, 1.82) is 0 Å². The molecule has 1 amide bonds. The van der Waals surface area contributed by atoms with Crippen LogP contribution >= 0.6 is 15.9 Å². The van der Waals surface area contributed by atoms with Crippen molar-refractivity contribution in [3.63, 3.8) is 0 Å². The Kier molecular flexibility index (Phi) is 7.05. The van der Waals surface area contributed by atoms with E-state index in [0.29, 0.717) is 0 Å². The first-order chi connectivity index (χ1) is 15.2. The van der Waals surface area contributed by atoms with Crippen molar-refractivity contribution in [2.24, 2.45) is 0 Å². The number of piperazine rings is 1. The fourth-order valence-electron chi connectivity index (χ4n) is 4.14. The van der Waals surface area contributed by atoms with Gasteiger partial charge in [0.15, 0.2) is 0 Å². The van der Waals surface area contributed by atoms with Crippen LogP contribution in [0.5, 0.6) is 5.75 Å². The van der Waals surface area contributed by atoms with E-state index >= 15 is 0 Å². The van der Waals surface area contributed by atoms with E-state index in [1.165, 1.54) is 5.56 Å². The molecular formula is C26H27BrN2O2. The van der Waals surface area contributed by atoms with Crippen LogP contribution in [0, 0.1) is 0 Å². The highest BCUT2D eigenvalue weighted by Crippen LogP contribution is 2.28. The second-order valence-electron chi connectivity index (χ2n) is 7.82. The SMILES string of the molecule is COc1ccc(CN2CCN(C(=O)C(c3ccccc3)c3ccccc3)CC2)cc1Br. The van der Waals surface area contributed by atoms with E-state index in [9.17, 15) is 4.79 Å². The molecule has 0 aromatic heterocycles. The number of benzene rings is 3. The summed E-state index contributed by atoms with van der Waals surface area (Å²) in [5.41, 5.74) is 3.33.